The van der Waals surface area contributed by atoms with Crippen molar-refractivity contribution >= 4 is 28.3 Å². The molecule has 0 fully saturated rings. The molecule has 128 valence electrons. The van der Waals surface area contributed by atoms with Crippen molar-refractivity contribution in [3.8, 4) is 0 Å². The van der Waals surface area contributed by atoms with E-state index in [0.29, 0.717) is 10.8 Å². The molecular formula is C18H23N3O2S. The van der Waals surface area contributed by atoms with E-state index in [-0.39, 0.29) is 24.3 Å². The summed E-state index contributed by atoms with van der Waals surface area (Å²) < 4.78 is 0. The maximum absolute atomic E-state index is 12.2. The van der Waals surface area contributed by atoms with E-state index < -0.39 is 5.41 Å². The second kappa shape index (κ2) is 7.57. The Morgan fingerprint density at radius 2 is 1.88 bits per heavy atom. The third-order valence-corrected chi connectivity index (χ3v) is 4.28. The first-order valence-corrected chi connectivity index (χ1v) is 8.74. The van der Waals surface area contributed by atoms with Crippen LogP contribution in [0.2, 0.25) is 0 Å². The minimum Gasteiger partial charge on any atom is -0.349 e. The molecule has 2 N–H and O–H groups in total. The Kier molecular flexibility index (Phi) is 5.72. The number of hydrogen-bond acceptors (Lipinski definition) is 4. The van der Waals surface area contributed by atoms with Gasteiger partial charge in [0.05, 0.1) is 18.2 Å². The van der Waals surface area contributed by atoms with Crippen LogP contribution in [0.15, 0.2) is 35.7 Å². The van der Waals surface area contributed by atoms with Crippen molar-refractivity contribution in [2.75, 3.05) is 5.32 Å². The number of thiazole rings is 1. The van der Waals surface area contributed by atoms with Crippen molar-refractivity contribution in [2.45, 2.75) is 40.2 Å². The highest BCUT2D eigenvalue weighted by atomic mass is 32.1. The second-order valence-corrected chi connectivity index (χ2v) is 7.58. The van der Waals surface area contributed by atoms with Crippen molar-refractivity contribution in [2.24, 2.45) is 5.41 Å². The number of anilines is 1. The van der Waals surface area contributed by atoms with Gasteiger partial charge in [-0.05, 0) is 12.5 Å². The summed E-state index contributed by atoms with van der Waals surface area (Å²) in [5, 5.41) is 8.05. The lowest BCUT2D eigenvalue weighted by atomic mass is 9.96. The van der Waals surface area contributed by atoms with Gasteiger partial charge in [-0.25, -0.2) is 4.98 Å². The molecule has 2 amide bonds. The van der Waals surface area contributed by atoms with Gasteiger partial charge in [0.15, 0.2) is 5.13 Å². The van der Waals surface area contributed by atoms with Crippen molar-refractivity contribution in [3.63, 3.8) is 0 Å². The number of aromatic nitrogens is 1. The highest BCUT2D eigenvalue weighted by molar-refractivity contribution is 7.13. The highest BCUT2D eigenvalue weighted by Gasteiger charge is 2.22. The number of hydrogen-bond donors (Lipinski definition) is 2. The minimum absolute atomic E-state index is 0.0580. The van der Waals surface area contributed by atoms with Crippen LogP contribution in [0.1, 0.15) is 45.0 Å². The van der Waals surface area contributed by atoms with E-state index >= 15 is 0 Å². The molecule has 0 aliphatic carbocycles. The van der Waals surface area contributed by atoms with Crippen molar-refractivity contribution < 1.29 is 9.59 Å². The molecule has 2 aromatic rings. The van der Waals surface area contributed by atoms with E-state index in [0.717, 1.165) is 5.56 Å². The van der Waals surface area contributed by atoms with Crippen LogP contribution in [0.3, 0.4) is 0 Å². The van der Waals surface area contributed by atoms with Crippen LogP contribution in [-0.2, 0) is 16.0 Å². The molecule has 0 saturated heterocycles. The van der Waals surface area contributed by atoms with Crippen LogP contribution < -0.4 is 10.6 Å². The van der Waals surface area contributed by atoms with E-state index in [1.54, 1.807) is 5.38 Å². The highest BCUT2D eigenvalue weighted by Crippen LogP contribution is 2.21. The Morgan fingerprint density at radius 3 is 2.50 bits per heavy atom. The maximum Gasteiger partial charge on any atom is 0.231 e. The molecule has 0 saturated carbocycles. The van der Waals surface area contributed by atoms with Gasteiger partial charge in [-0.1, -0.05) is 51.1 Å². The zero-order valence-corrected chi connectivity index (χ0v) is 15.2. The molecule has 0 aliphatic rings. The summed E-state index contributed by atoms with van der Waals surface area (Å²) in [5.41, 5.74) is 1.23. The molecule has 1 atom stereocenters. The molecule has 0 bridgehead atoms. The number of benzene rings is 1. The van der Waals surface area contributed by atoms with E-state index in [1.165, 1.54) is 11.3 Å². The molecule has 1 heterocycles. The van der Waals surface area contributed by atoms with Gasteiger partial charge in [-0.15, -0.1) is 11.3 Å². The fourth-order valence-electron chi connectivity index (χ4n) is 2.01. The van der Waals surface area contributed by atoms with Crippen molar-refractivity contribution in [1.29, 1.82) is 0 Å². The van der Waals surface area contributed by atoms with E-state index in [4.69, 9.17) is 0 Å². The van der Waals surface area contributed by atoms with Gasteiger partial charge in [-0.3, -0.25) is 9.59 Å². The van der Waals surface area contributed by atoms with Gasteiger partial charge >= 0.3 is 0 Å². The molecule has 6 heteroatoms. The van der Waals surface area contributed by atoms with Crippen LogP contribution in [0.5, 0.6) is 0 Å². The van der Waals surface area contributed by atoms with Gasteiger partial charge < -0.3 is 10.6 Å². The summed E-state index contributed by atoms with van der Waals surface area (Å²) >= 11 is 1.33. The molecule has 0 spiro atoms. The molecule has 5 nitrogen and oxygen atoms in total. The maximum atomic E-state index is 12.2. The first kappa shape index (κ1) is 18.1. The largest absolute Gasteiger partial charge is 0.349 e. The smallest absolute Gasteiger partial charge is 0.231 e. The summed E-state index contributed by atoms with van der Waals surface area (Å²) in [6.07, 6.45) is 0.194. The van der Waals surface area contributed by atoms with Gasteiger partial charge in [0.1, 0.15) is 0 Å². The molecule has 0 aliphatic heterocycles. The number of rotatable bonds is 5. The van der Waals surface area contributed by atoms with Crippen molar-refractivity contribution in [3.05, 3.63) is 47.0 Å². The van der Waals surface area contributed by atoms with Crippen molar-refractivity contribution in [1.82, 2.24) is 10.3 Å². The molecule has 24 heavy (non-hydrogen) atoms. The molecule has 0 unspecified atom stereocenters. The second-order valence-electron chi connectivity index (χ2n) is 6.72. The Hall–Kier alpha value is -2.21. The summed E-state index contributed by atoms with van der Waals surface area (Å²) in [4.78, 5) is 28.4. The first-order valence-electron chi connectivity index (χ1n) is 7.86. The van der Waals surface area contributed by atoms with E-state index in [2.05, 4.69) is 15.6 Å². The van der Waals surface area contributed by atoms with Crippen LogP contribution in [0, 0.1) is 5.41 Å². The molecule has 1 aromatic carbocycles. The fraction of sp³-hybridized carbons (Fsp3) is 0.389. The standard InChI is InChI=1S/C18H23N3O2S/c1-12(13-8-6-5-7-9-13)19-15(22)10-14-11-24-17(20-14)21-16(23)18(2,3)4/h5-9,11-12H,10H2,1-4H3,(H,19,22)(H,20,21,23)/t12-/m1/s1. The first-order chi connectivity index (χ1) is 11.3. The lowest BCUT2D eigenvalue weighted by molar-refractivity contribution is -0.123. The summed E-state index contributed by atoms with van der Waals surface area (Å²) in [5.74, 6) is -0.184. The Morgan fingerprint density at radius 1 is 1.21 bits per heavy atom. The van der Waals surface area contributed by atoms with Crippen LogP contribution >= 0.6 is 11.3 Å². The monoisotopic (exact) mass is 345 g/mol. The predicted octanol–water partition coefficient (Wildman–Crippen LogP) is 3.55. The average Bonchev–Trinajstić information content (AvgIpc) is 2.94. The predicted molar refractivity (Wildman–Crippen MR) is 96.9 cm³/mol. The number of nitrogens with zero attached hydrogens (tertiary/aromatic N) is 1. The number of nitrogens with one attached hydrogen (secondary N) is 2. The SMILES string of the molecule is C[C@@H](NC(=O)Cc1csc(NC(=O)C(C)(C)C)n1)c1ccccc1. The Bertz CT molecular complexity index is 705. The Balaban J connectivity index is 1.90. The zero-order chi connectivity index (χ0) is 17.7. The molecule has 1 aromatic heterocycles. The number of carbonyl (C=O) groups is 2. The van der Waals surface area contributed by atoms with Crippen LogP contribution in [-0.4, -0.2) is 16.8 Å². The average molecular weight is 345 g/mol. The lowest BCUT2D eigenvalue weighted by Gasteiger charge is -2.16. The zero-order valence-electron chi connectivity index (χ0n) is 14.4. The third kappa shape index (κ3) is 5.16. The van der Waals surface area contributed by atoms with Gasteiger partial charge in [0, 0.05) is 10.8 Å². The minimum atomic E-state index is -0.478. The third-order valence-electron chi connectivity index (χ3n) is 3.47. The molecular weight excluding hydrogens is 322 g/mol. The molecule has 2 rings (SSSR count). The Labute approximate surface area is 146 Å². The summed E-state index contributed by atoms with van der Waals surface area (Å²) in [6, 6.07) is 9.74. The topological polar surface area (TPSA) is 71.1 Å². The summed E-state index contributed by atoms with van der Waals surface area (Å²) in [6.45, 7) is 7.48. The van der Waals surface area contributed by atoms with E-state index in [9.17, 15) is 9.59 Å². The fourth-order valence-corrected chi connectivity index (χ4v) is 2.72. The van der Waals surface area contributed by atoms with E-state index in [1.807, 2.05) is 58.0 Å². The quantitative estimate of drug-likeness (QED) is 0.870. The van der Waals surface area contributed by atoms with Crippen LogP contribution in [0.4, 0.5) is 5.13 Å². The van der Waals surface area contributed by atoms with Gasteiger partial charge in [-0.2, -0.15) is 0 Å². The normalized spacial score (nSPS) is 12.5. The van der Waals surface area contributed by atoms with Gasteiger partial charge in [0.25, 0.3) is 0 Å². The van der Waals surface area contributed by atoms with Crippen LogP contribution in [0.25, 0.3) is 0 Å². The summed E-state index contributed by atoms with van der Waals surface area (Å²) in [7, 11) is 0. The van der Waals surface area contributed by atoms with Gasteiger partial charge in [0.2, 0.25) is 11.8 Å². The number of carbonyl (C=O) groups excluding carboxylic acids is 2. The number of amides is 2. The lowest BCUT2D eigenvalue weighted by Crippen LogP contribution is -2.28. The molecule has 0 radical (unpaired) electrons.